The van der Waals surface area contributed by atoms with Crippen LogP contribution in [0.3, 0.4) is 0 Å². The van der Waals surface area contributed by atoms with Gasteiger partial charge in [0, 0.05) is 6.42 Å². The molecule has 2 atom stereocenters. The van der Waals surface area contributed by atoms with E-state index >= 15 is 0 Å². The number of para-hydroxylation sites is 2. The van der Waals surface area contributed by atoms with Gasteiger partial charge in [0.15, 0.2) is 0 Å². The summed E-state index contributed by atoms with van der Waals surface area (Å²) in [7, 11) is 0. The number of hydrazone groups is 1. The molecule has 154 valence electrons. The lowest BCUT2D eigenvalue weighted by Crippen LogP contribution is -2.48. The van der Waals surface area contributed by atoms with Gasteiger partial charge in [-0.3, -0.25) is 14.4 Å². The Labute approximate surface area is 176 Å². The molecule has 30 heavy (non-hydrogen) atoms. The van der Waals surface area contributed by atoms with Gasteiger partial charge >= 0.3 is 0 Å². The topological polar surface area (TPSA) is 70.1 Å². The summed E-state index contributed by atoms with van der Waals surface area (Å²) in [5, 5.41) is 5.89. The Morgan fingerprint density at radius 3 is 2.20 bits per heavy atom. The summed E-state index contributed by atoms with van der Waals surface area (Å²) in [6, 6.07) is 14.8. The van der Waals surface area contributed by atoms with E-state index in [1.54, 1.807) is 6.92 Å². The number of imide groups is 1. The van der Waals surface area contributed by atoms with Gasteiger partial charge in [-0.25, -0.2) is 4.90 Å². The molecule has 2 unspecified atom stereocenters. The average Bonchev–Trinajstić information content (AvgIpc) is 3.16. The lowest BCUT2D eigenvalue weighted by Gasteiger charge is -2.31. The first-order chi connectivity index (χ1) is 14.3. The summed E-state index contributed by atoms with van der Waals surface area (Å²) in [6.45, 7) is 7.43. The van der Waals surface area contributed by atoms with Gasteiger partial charge in [0.1, 0.15) is 5.41 Å². The standard InChI is InChI=1S/C24H25N3O3/c1-5-24(17(4)25-27(23(24)30)18-12-7-6-8-13-18)19-14-20(28)26(22(19)29)21-15(2)10-9-11-16(21)3/h6-13,19H,5,14H2,1-4H3. The number of hydrogen-bond donors (Lipinski definition) is 0. The number of aryl methyl sites for hydroxylation is 2. The molecular weight excluding hydrogens is 378 g/mol. The summed E-state index contributed by atoms with van der Waals surface area (Å²) < 4.78 is 0. The second kappa shape index (κ2) is 7.20. The van der Waals surface area contributed by atoms with Crippen LogP contribution in [0.1, 0.15) is 37.8 Å². The maximum Gasteiger partial charge on any atom is 0.260 e. The third kappa shape index (κ3) is 2.70. The molecule has 1 fully saturated rings. The maximum absolute atomic E-state index is 13.6. The van der Waals surface area contributed by atoms with E-state index in [1.165, 1.54) is 9.91 Å². The second-order valence-corrected chi connectivity index (χ2v) is 8.03. The molecule has 2 aliphatic heterocycles. The van der Waals surface area contributed by atoms with E-state index in [0.29, 0.717) is 23.5 Å². The first kappa shape index (κ1) is 20.0. The van der Waals surface area contributed by atoms with Gasteiger partial charge in [-0.05, 0) is 50.5 Å². The van der Waals surface area contributed by atoms with Gasteiger partial charge in [0.05, 0.1) is 23.0 Å². The molecule has 0 aromatic heterocycles. The van der Waals surface area contributed by atoms with Crippen molar-refractivity contribution in [1.82, 2.24) is 0 Å². The zero-order chi connectivity index (χ0) is 21.6. The smallest absolute Gasteiger partial charge is 0.260 e. The number of amides is 3. The molecule has 1 saturated heterocycles. The zero-order valence-corrected chi connectivity index (χ0v) is 17.7. The first-order valence-corrected chi connectivity index (χ1v) is 10.2. The van der Waals surface area contributed by atoms with Crippen LogP contribution < -0.4 is 9.91 Å². The Morgan fingerprint density at radius 2 is 1.60 bits per heavy atom. The van der Waals surface area contributed by atoms with Gasteiger partial charge < -0.3 is 0 Å². The highest BCUT2D eigenvalue weighted by Crippen LogP contribution is 2.47. The number of benzene rings is 2. The van der Waals surface area contributed by atoms with Crippen molar-refractivity contribution >= 4 is 34.8 Å². The van der Waals surface area contributed by atoms with Crippen molar-refractivity contribution < 1.29 is 14.4 Å². The van der Waals surface area contributed by atoms with E-state index in [1.807, 2.05) is 69.3 Å². The van der Waals surface area contributed by atoms with Crippen LogP contribution in [0.2, 0.25) is 0 Å². The molecular formula is C24H25N3O3. The number of carbonyl (C=O) groups is 3. The largest absolute Gasteiger partial charge is 0.274 e. The van der Waals surface area contributed by atoms with Crippen LogP contribution in [0, 0.1) is 25.2 Å². The minimum absolute atomic E-state index is 0.00166. The molecule has 2 aromatic rings. The number of rotatable bonds is 4. The Kier molecular flexibility index (Phi) is 4.80. The normalized spacial score (nSPS) is 24.1. The average molecular weight is 403 g/mol. The van der Waals surface area contributed by atoms with E-state index in [2.05, 4.69) is 5.10 Å². The molecule has 2 aliphatic rings. The van der Waals surface area contributed by atoms with E-state index in [4.69, 9.17) is 0 Å². The highest BCUT2D eigenvalue weighted by molar-refractivity contribution is 6.28. The van der Waals surface area contributed by atoms with Gasteiger partial charge in [0.2, 0.25) is 11.8 Å². The molecule has 6 nitrogen and oxygen atoms in total. The van der Waals surface area contributed by atoms with Crippen LogP contribution >= 0.6 is 0 Å². The molecule has 0 saturated carbocycles. The predicted octanol–water partition coefficient (Wildman–Crippen LogP) is 4.00. The molecule has 0 radical (unpaired) electrons. The SMILES string of the molecule is CCC1(C2CC(=O)N(c3c(C)cccc3C)C2=O)C(=O)N(c2ccccc2)N=C1C. The van der Waals surface area contributed by atoms with Crippen molar-refractivity contribution in [2.24, 2.45) is 16.4 Å². The van der Waals surface area contributed by atoms with Gasteiger partial charge in [-0.2, -0.15) is 10.1 Å². The lowest BCUT2D eigenvalue weighted by molar-refractivity contribution is -0.132. The van der Waals surface area contributed by atoms with Crippen LogP contribution in [0.4, 0.5) is 11.4 Å². The molecule has 2 aromatic carbocycles. The number of carbonyl (C=O) groups excluding carboxylic acids is 3. The van der Waals surface area contributed by atoms with E-state index in [0.717, 1.165) is 11.1 Å². The molecule has 0 bridgehead atoms. The molecule has 4 rings (SSSR count). The van der Waals surface area contributed by atoms with Crippen LogP contribution in [0.5, 0.6) is 0 Å². The van der Waals surface area contributed by atoms with Crippen molar-refractivity contribution in [2.75, 3.05) is 9.91 Å². The molecule has 0 aliphatic carbocycles. The minimum Gasteiger partial charge on any atom is -0.274 e. The highest BCUT2D eigenvalue weighted by Gasteiger charge is 2.60. The zero-order valence-electron chi connectivity index (χ0n) is 17.7. The molecule has 6 heteroatoms. The highest BCUT2D eigenvalue weighted by atomic mass is 16.2. The molecule has 3 amide bonds. The fourth-order valence-electron chi connectivity index (χ4n) is 4.84. The molecule has 2 heterocycles. The van der Waals surface area contributed by atoms with Gasteiger partial charge in [-0.15, -0.1) is 0 Å². The number of hydrogen-bond acceptors (Lipinski definition) is 4. The van der Waals surface area contributed by atoms with E-state index in [9.17, 15) is 14.4 Å². The van der Waals surface area contributed by atoms with Crippen molar-refractivity contribution in [2.45, 2.75) is 40.5 Å². The Hall–Kier alpha value is -3.28. The van der Waals surface area contributed by atoms with Crippen LogP contribution in [0.25, 0.3) is 0 Å². The van der Waals surface area contributed by atoms with Crippen molar-refractivity contribution in [3.05, 3.63) is 59.7 Å². The fraction of sp³-hybridized carbons (Fsp3) is 0.333. The third-order valence-corrected chi connectivity index (χ3v) is 6.43. The summed E-state index contributed by atoms with van der Waals surface area (Å²) in [4.78, 5) is 41.5. The van der Waals surface area contributed by atoms with Crippen molar-refractivity contribution in [3.63, 3.8) is 0 Å². The molecule has 0 spiro atoms. The second-order valence-electron chi connectivity index (χ2n) is 8.03. The first-order valence-electron chi connectivity index (χ1n) is 10.2. The summed E-state index contributed by atoms with van der Waals surface area (Å²) in [5.74, 6) is -1.60. The van der Waals surface area contributed by atoms with E-state index in [-0.39, 0.29) is 24.1 Å². The number of nitrogens with zero attached hydrogens (tertiary/aromatic N) is 3. The summed E-state index contributed by atoms with van der Waals surface area (Å²) in [5.41, 5.74) is 2.46. The lowest BCUT2D eigenvalue weighted by atomic mass is 9.69. The maximum atomic E-state index is 13.6. The number of anilines is 2. The van der Waals surface area contributed by atoms with E-state index < -0.39 is 11.3 Å². The van der Waals surface area contributed by atoms with Gasteiger partial charge in [0.25, 0.3) is 5.91 Å². The minimum atomic E-state index is -1.12. The Morgan fingerprint density at radius 1 is 0.967 bits per heavy atom. The fourth-order valence-corrected chi connectivity index (χ4v) is 4.84. The monoisotopic (exact) mass is 403 g/mol. The molecule has 0 N–H and O–H groups in total. The van der Waals surface area contributed by atoms with Crippen LogP contribution in [-0.4, -0.2) is 23.4 Å². The van der Waals surface area contributed by atoms with Gasteiger partial charge in [-0.1, -0.05) is 43.3 Å². The van der Waals surface area contributed by atoms with Crippen molar-refractivity contribution in [3.8, 4) is 0 Å². The van der Waals surface area contributed by atoms with Crippen LogP contribution in [0.15, 0.2) is 53.6 Å². The summed E-state index contributed by atoms with van der Waals surface area (Å²) >= 11 is 0. The van der Waals surface area contributed by atoms with Crippen molar-refractivity contribution in [1.29, 1.82) is 0 Å². The van der Waals surface area contributed by atoms with Crippen LogP contribution in [-0.2, 0) is 14.4 Å². The Bertz CT molecular complexity index is 1060. The predicted molar refractivity (Wildman–Crippen MR) is 116 cm³/mol. The quantitative estimate of drug-likeness (QED) is 0.725. The third-order valence-electron chi connectivity index (χ3n) is 6.43. The Balaban J connectivity index is 1.76. The summed E-state index contributed by atoms with van der Waals surface area (Å²) in [6.07, 6.45) is 0.399.